The van der Waals surface area contributed by atoms with E-state index in [0.717, 1.165) is 0 Å². The van der Waals surface area contributed by atoms with Crippen molar-refractivity contribution in [2.24, 2.45) is 0 Å². The van der Waals surface area contributed by atoms with Gasteiger partial charge in [0, 0.05) is 32.4 Å². The number of anilines is 1. The average Bonchev–Trinajstić information content (AvgIpc) is 2.52. The molecule has 2 amide bonds. The van der Waals surface area contributed by atoms with Gasteiger partial charge in [0.25, 0.3) is 0 Å². The third-order valence-electron chi connectivity index (χ3n) is 2.92. The first-order valence-corrected chi connectivity index (χ1v) is 7.36. The van der Waals surface area contributed by atoms with E-state index in [0.29, 0.717) is 41.8 Å². The van der Waals surface area contributed by atoms with Gasteiger partial charge in [-0.15, -0.1) is 0 Å². The molecule has 128 valence electrons. The number of halogens is 1. The molecule has 0 aliphatic rings. The van der Waals surface area contributed by atoms with Crippen molar-refractivity contribution in [2.75, 3.05) is 39.8 Å². The molecule has 0 bridgehead atoms. The standard InChI is InChI=1S/C15H21ClN2O5/c1-21-6-4-5-17-14(19)9-15(20)18-11-8-12(22-2)10(16)7-13(11)23-3/h7-8H,4-6,9H2,1-3H3,(H,17,19)(H,18,20). The molecule has 0 saturated carbocycles. The Morgan fingerprint density at radius 3 is 2.39 bits per heavy atom. The van der Waals surface area contributed by atoms with Gasteiger partial charge in [0.2, 0.25) is 11.8 Å². The SMILES string of the molecule is COCCCNC(=O)CC(=O)Nc1cc(OC)c(Cl)cc1OC. The number of amides is 2. The Morgan fingerprint density at radius 2 is 1.78 bits per heavy atom. The minimum absolute atomic E-state index is 0.291. The molecule has 0 heterocycles. The predicted octanol–water partition coefficient (Wildman–Crippen LogP) is 1.84. The van der Waals surface area contributed by atoms with Crippen molar-refractivity contribution >= 4 is 29.1 Å². The highest BCUT2D eigenvalue weighted by Gasteiger charge is 2.14. The molecular formula is C15H21ClN2O5. The Bertz CT molecular complexity index is 551. The smallest absolute Gasteiger partial charge is 0.233 e. The first-order chi connectivity index (χ1) is 11.0. The van der Waals surface area contributed by atoms with E-state index in [4.69, 9.17) is 25.8 Å². The van der Waals surface area contributed by atoms with Gasteiger partial charge in [-0.3, -0.25) is 9.59 Å². The first-order valence-electron chi connectivity index (χ1n) is 6.98. The van der Waals surface area contributed by atoms with Crippen LogP contribution < -0.4 is 20.1 Å². The van der Waals surface area contributed by atoms with Crippen LogP contribution in [0.4, 0.5) is 5.69 Å². The number of carbonyl (C=O) groups excluding carboxylic acids is 2. The molecule has 0 aliphatic heterocycles. The number of hydrogen-bond acceptors (Lipinski definition) is 5. The summed E-state index contributed by atoms with van der Waals surface area (Å²) < 4.78 is 15.1. The van der Waals surface area contributed by atoms with Crippen LogP contribution in [0.25, 0.3) is 0 Å². The maximum Gasteiger partial charge on any atom is 0.233 e. The molecule has 7 nitrogen and oxygen atoms in total. The molecule has 0 unspecified atom stereocenters. The Balaban J connectivity index is 2.61. The van der Waals surface area contributed by atoms with Crippen molar-refractivity contribution in [3.63, 3.8) is 0 Å². The van der Waals surface area contributed by atoms with Gasteiger partial charge in [-0.05, 0) is 6.42 Å². The fourth-order valence-corrected chi connectivity index (χ4v) is 2.04. The molecule has 0 fully saturated rings. The number of carbonyl (C=O) groups is 2. The molecule has 0 saturated heterocycles. The monoisotopic (exact) mass is 344 g/mol. The van der Waals surface area contributed by atoms with Crippen LogP contribution in [-0.2, 0) is 14.3 Å². The minimum atomic E-state index is -0.461. The molecule has 8 heteroatoms. The highest BCUT2D eigenvalue weighted by atomic mass is 35.5. The molecule has 0 aliphatic carbocycles. The van der Waals surface area contributed by atoms with E-state index in [-0.39, 0.29) is 12.3 Å². The zero-order valence-electron chi connectivity index (χ0n) is 13.4. The van der Waals surface area contributed by atoms with Gasteiger partial charge in [-0.2, -0.15) is 0 Å². The third kappa shape index (κ3) is 6.33. The lowest BCUT2D eigenvalue weighted by molar-refractivity contribution is -0.126. The van der Waals surface area contributed by atoms with Gasteiger partial charge >= 0.3 is 0 Å². The zero-order chi connectivity index (χ0) is 17.2. The molecule has 2 N–H and O–H groups in total. The summed E-state index contributed by atoms with van der Waals surface area (Å²) in [4.78, 5) is 23.6. The van der Waals surface area contributed by atoms with Crippen molar-refractivity contribution < 1.29 is 23.8 Å². The van der Waals surface area contributed by atoms with Crippen LogP contribution in [0.1, 0.15) is 12.8 Å². The van der Waals surface area contributed by atoms with Crippen LogP contribution in [0.5, 0.6) is 11.5 Å². The zero-order valence-corrected chi connectivity index (χ0v) is 14.2. The summed E-state index contributed by atoms with van der Waals surface area (Å²) in [5.74, 6) is -0.0492. The second-order valence-corrected chi connectivity index (χ2v) is 5.02. The number of nitrogens with one attached hydrogen (secondary N) is 2. The highest BCUT2D eigenvalue weighted by molar-refractivity contribution is 6.32. The van der Waals surface area contributed by atoms with E-state index in [1.165, 1.54) is 26.4 Å². The summed E-state index contributed by atoms with van der Waals surface area (Å²) in [5, 5.41) is 5.60. The third-order valence-corrected chi connectivity index (χ3v) is 3.21. The normalized spacial score (nSPS) is 10.1. The van der Waals surface area contributed by atoms with Gasteiger partial charge in [-0.1, -0.05) is 11.6 Å². The number of hydrogen-bond donors (Lipinski definition) is 2. The van der Waals surface area contributed by atoms with Crippen LogP contribution in [0.15, 0.2) is 12.1 Å². The molecule has 1 aromatic carbocycles. The van der Waals surface area contributed by atoms with E-state index in [9.17, 15) is 9.59 Å². The lowest BCUT2D eigenvalue weighted by Gasteiger charge is -2.13. The van der Waals surface area contributed by atoms with E-state index in [2.05, 4.69) is 10.6 Å². The molecule has 0 spiro atoms. The van der Waals surface area contributed by atoms with Crippen molar-refractivity contribution in [3.05, 3.63) is 17.2 Å². The summed E-state index contributed by atoms with van der Waals surface area (Å²) in [6.07, 6.45) is 0.396. The molecule has 23 heavy (non-hydrogen) atoms. The molecule has 0 atom stereocenters. The van der Waals surface area contributed by atoms with Crippen molar-refractivity contribution in [1.29, 1.82) is 0 Å². The minimum Gasteiger partial charge on any atom is -0.495 e. The van der Waals surface area contributed by atoms with E-state index >= 15 is 0 Å². The summed E-state index contributed by atoms with van der Waals surface area (Å²) >= 11 is 5.99. The van der Waals surface area contributed by atoms with Crippen molar-refractivity contribution in [2.45, 2.75) is 12.8 Å². The summed E-state index contributed by atoms with van der Waals surface area (Å²) in [6.45, 7) is 1.01. The molecule has 1 rings (SSSR count). The average molecular weight is 345 g/mol. The molecule has 0 radical (unpaired) electrons. The Labute approximate surface area is 140 Å². The summed E-state index contributed by atoms with van der Waals surface area (Å²) in [6, 6.07) is 3.07. The number of rotatable bonds is 9. The van der Waals surface area contributed by atoms with E-state index in [1.807, 2.05) is 0 Å². The fourth-order valence-electron chi connectivity index (χ4n) is 1.81. The van der Waals surface area contributed by atoms with Crippen LogP contribution in [0.3, 0.4) is 0 Å². The lowest BCUT2D eigenvalue weighted by Crippen LogP contribution is -2.29. The van der Waals surface area contributed by atoms with Gasteiger partial charge in [0.15, 0.2) is 0 Å². The lowest BCUT2D eigenvalue weighted by atomic mass is 10.2. The number of benzene rings is 1. The quantitative estimate of drug-likeness (QED) is 0.527. The Hall–Kier alpha value is -1.99. The maximum absolute atomic E-state index is 11.9. The second kappa shape index (κ2) is 9.91. The summed E-state index contributed by atoms with van der Waals surface area (Å²) in [7, 11) is 4.51. The van der Waals surface area contributed by atoms with Crippen LogP contribution in [0, 0.1) is 0 Å². The van der Waals surface area contributed by atoms with Gasteiger partial charge in [0.1, 0.15) is 17.9 Å². The number of ether oxygens (including phenoxy) is 3. The topological polar surface area (TPSA) is 85.9 Å². The van der Waals surface area contributed by atoms with Gasteiger partial charge in [-0.25, -0.2) is 0 Å². The van der Waals surface area contributed by atoms with E-state index in [1.54, 1.807) is 7.11 Å². The Kier molecular flexibility index (Phi) is 8.21. The van der Waals surface area contributed by atoms with Crippen LogP contribution in [-0.4, -0.2) is 46.3 Å². The Morgan fingerprint density at radius 1 is 1.09 bits per heavy atom. The van der Waals surface area contributed by atoms with E-state index < -0.39 is 5.91 Å². The summed E-state index contributed by atoms with van der Waals surface area (Å²) in [5.41, 5.74) is 0.380. The number of methoxy groups -OCH3 is 3. The predicted molar refractivity (Wildman–Crippen MR) is 87.3 cm³/mol. The van der Waals surface area contributed by atoms with Gasteiger partial charge < -0.3 is 24.8 Å². The molecule has 1 aromatic rings. The van der Waals surface area contributed by atoms with Gasteiger partial charge in [0.05, 0.1) is 24.9 Å². The second-order valence-electron chi connectivity index (χ2n) is 4.61. The first kappa shape index (κ1) is 19.1. The van der Waals surface area contributed by atoms with Crippen molar-refractivity contribution in [1.82, 2.24) is 5.32 Å². The van der Waals surface area contributed by atoms with Crippen LogP contribution in [0.2, 0.25) is 5.02 Å². The highest BCUT2D eigenvalue weighted by Crippen LogP contribution is 2.35. The largest absolute Gasteiger partial charge is 0.495 e. The molecular weight excluding hydrogens is 324 g/mol. The molecule has 0 aromatic heterocycles. The van der Waals surface area contributed by atoms with Crippen molar-refractivity contribution in [3.8, 4) is 11.5 Å². The van der Waals surface area contributed by atoms with Crippen LogP contribution >= 0.6 is 11.6 Å². The maximum atomic E-state index is 11.9. The fraction of sp³-hybridized carbons (Fsp3) is 0.467.